The standard InChI is InChI=1S/C28H41N3O4S/c1-6-8-18-29-28(33)25(7-2)30(21-24-13-10-9-11-14-24)27(32)15-12-19-31(36(5,34)35)26-20-22(3)16-17-23(26)4/h9-11,13-14,16-17,20,25H,6-8,12,15,18-19,21H2,1-5H3,(H,29,33)/t25-/m1/s1. The van der Waals surface area contributed by atoms with Crippen molar-refractivity contribution in [1.29, 1.82) is 0 Å². The highest BCUT2D eigenvalue weighted by Crippen LogP contribution is 2.25. The van der Waals surface area contributed by atoms with Crippen LogP contribution in [-0.4, -0.2) is 50.5 Å². The van der Waals surface area contributed by atoms with Crippen molar-refractivity contribution in [3.63, 3.8) is 0 Å². The third-order valence-corrected chi connectivity index (χ3v) is 7.38. The van der Waals surface area contributed by atoms with Crippen LogP contribution < -0.4 is 9.62 Å². The zero-order valence-electron chi connectivity index (χ0n) is 22.3. The summed E-state index contributed by atoms with van der Waals surface area (Å²) in [6.45, 7) is 8.86. The number of nitrogens with one attached hydrogen (secondary N) is 1. The first-order valence-electron chi connectivity index (χ1n) is 12.7. The molecule has 0 saturated carbocycles. The number of nitrogens with zero attached hydrogens (tertiary/aromatic N) is 2. The Morgan fingerprint density at radius 2 is 1.69 bits per heavy atom. The number of carbonyl (C=O) groups is 2. The summed E-state index contributed by atoms with van der Waals surface area (Å²) >= 11 is 0. The monoisotopic (exact) mass is 515 g/mol. The Bertz CT molecular complexity index is 1100. The van der Waals surface area contributed by atoms with Crippen molar-refractivity contribution in [3.8, 4) is 0 Å². The van der Waals surface area contributed by atoms with Crippen LogP contribution in [0.3, 0.4) is 0 Å². The van der Waals surface area contributed by atoms with E-state index in [1.165, 1.54) is 10.6 Å². The van der Waals surface area contributed by atoms with Gasteiger partial charge in [0.2, 0.25) is 21.8 Å². The molecule has 0 bridgehead atoms. The molecule has 0 aromatic heterocycles. The molecule has 0 aliphatic rings. The van der Waals surface area contributed by atoms with E-state index in [2.05, 4.69) is 12.2 Å². The van der Waals surface area contributed by atoms with E-state index >= 15 is 0 Å². The second-order valence-corrected chi connectivity index (χ2v) is 11.2. The number of anilines is 1. The summed E-state index contributed by atoms with van der Waals surface area (Å²) in [6.07, 6.45) is 4.02. The van der Waals surface area contributed by atoms with Gasteiger partial charge >= 0.3 is 0 Å². The van der Waals surface area contributed by atoms with Gasteiger partial charge in [-0.1, -0.05) is 62.7 Å². The van der Waals surface area contributed by atoms with Gasteiger partial charge in [-0.05, 0) is 55.9 Å². The fourth-order valence-electron chi connectivity index (χ4n) is 4.18. The lowest BCUT2D eigenvalue weighted by Gasteiger charge is -2.31. The second kappa shape index (κ2) is 14.0. The van der Waals surface area contributed by atoms with Crippen LogP contribution in [0.2, 0.25) is 0 Å². The van der Waals surface area contributed by atoms with Crippen molar-refractivity contribution in [2.75, 3.05) is 23.7 Å². The summed E-state index contributed by atoms with van der Waals surface area (Å²) in [5.74, 6) is -0.311. The SMILES string of the molecule is CCCCNC(=O)[C@@H](CC)N(Cc1ccccc1)C(=O)CCCN(c1cc(C)ccc1C)S(C)(=O)=O. The summed E-state index contributed by atoms with van der Waals surface area (Å²) in [5.41, 5.74) is 3.40. The molecule has 0 radical (unpaired) electrons. The van der Waals surface area contributed by atoms with Crippen LogP contribution in [0.25, 0.3) is 0 Å². The molecular weight excluding hydrogens is 474 g/mol. The van der Waals surface area contributed by atoms with Gasteiger partial charge in [-0.15, -0.1) is 0 Å². The Morgan fingerprint density at radius 3 is 2.31 bits per heavy atom. The third kappa shape index (κ3) is 8.66. The van der Waals surface area contributed by atoms with E-state index in [-0.39, 0.29) is 24.8 Å². The van der Waals surface area contributed by atoms with Crippen LogP contribution >= 0.6 is 0 Å². The molecule has 1 atom stereocenters. The number of aryl methyl sites for hydroxylation is 2. The topological polar surface area (TPSA) is 86.8 Å². The largest absolute Gasteiger partial charge is 0.354 e. The molecule has 7 nitrogen and oxygen atoms in total. The van der Waals surface area contributed by atoms with Gasteiger partial charge < -0.3 is 10.2 Å². The molecule has 0 heterocycles. The van der Waals surface area contributed by atoms with Gasteiger partial charge in [0.25, 0.3) is 0 Å². The average Bonchev–Trinajstić information content (AvgIpc) is 2.83. The quantitative estimate of drug-likeness (QED) is 0.373. The molecule has 2 rings (SSSR count). The minimum Gasteiger partial charge on any atom is -0.354 e. The molecule has 0 aliphatic carbocycles. The fourth-order valence-corrected chi connectivity index (χ4v) is 5.19. The number of carbonyl (C=O) groups excluding carboxylic acids is 2. The lowest BCUT2D eigenvalue weighted by atomic mass is 10.1. The van der Waals surface area contributed by atoms with Crippen LogP contribution in [0.15, 0.2) is 48.5 Å². The van der Waals surface area contributed by atoms with Crippen LogP contribution in [0.1, 0.15) is 62.6 Å². The number of amides is 2. The minimum absolute atomic E-state index is 0.141. The maximum Gasteiger partial charge on any atom is 0.242 e. The van der Waals surface area contributed by atoms with Crippen molar-refractivity contribution < 1.29 is 18.0 Å². The van der Waals surface area contributed by atoms with E-state index in [4.69, 9.17) is 0 Å². The van der Waals surface area contributed by atoms with Gasteiger partial charge in [0.15, 0.2) is 0 Å². The molecule has 0 unspecified atom stereocenters. The highest BCUT2D eigenvalue weighted by Gasteiger charge is 2.28. The molecule has 8 heteroatoms. The Kier molecular flexibility index (Phi) is 11.4. The molecule has 0 fully saturated rings. The van der Waals surface area contributed by atoms with Crippen LogP contribution in [-0.2, 0) is 26.2 Å². The van der Waals surface area contributed by atoms with Gasteiger partial charge in [-0.25, -0.2) is 8.42 Å². The molecule has 2 aromatic rings. The molecule has 198 valence electrons. The number of hydrogen-bond donors (Lipinski definition) is 1. The van der Waals surface area contributed by atoms with Crippen LogP contribution in [0, 0.1) is 13.8 Å². The van der Waals surface area contributed by atoms with E-state index in [1.807, 2.05) is 69.3 Å². The molecular formula is C28H41N3O4S. The number of benzene rings is 2. The molecule has 0 aliphatic heterocycles. The second-order valence-electron chi connectivity index (χ2n) is 9.30. The lowest BCUT2D eigenvalue weighted by Crippen LogP contribution is -2.49. The summed E-state index contributed by atoms with van der Waals surface area (Å²) < 4.78 is 26.6. The maximum atomic E-state index is 13.4. The highest BCUT2D eigenvalue weighted by molar-refractivity contribution is 7.92. The van der Waals surface area contributed by atoms with Crippen molar-refractivity contribution >= 4 is 27.5 Å². The number of rotatable bonds is 14. The normalized spacial score (nSPS) is 12.1. The highest BCUT2D eigenvalue weighted by atomic mass is 32.2. The van der Waals surface area contributed by atoms with Crippen molar-refractivity contribution in [2.24, 2.45) is 0 Å². The van der Waals surface area contributed by atoms with Gasteiger partial charge in [-0.3, -0.25) is 13.9 Å². The predicted octanol–water partition coefficient (Wildman–Crippen LogP) is 4.57. The van der Waals surface area contributed by atoms with E-state index in [1.54, 1.807) is 4.90 Å². The fraction of sp³-hybridized carbons (Fsp3) is 0.500. The number of sulfonamides is 1. The van der Waals surface area contributed by atoms with Crippen molar-refractivity contribution in [3.05, 3.63) is 65.2 Å². The molecule has 2 amide bonds. The van der Waals surface area contributed by atoms with Gasteiger partial charge in [0, 0.05) is 26.1 Å². The van der Waals surface area contributed by atoms with E-state index in [9.17, 15) is 18.0 Å². The van der Waals surface area contributed by atoms with E-state index < -0.39 is 16.1 Å². The third-order valence-electron chi connectivity index (χ3n) is 6.20. The lowest BCUT2D eigenvalue weighted by molar-refractivity contribution is -0.141. The Labute approximate surface area is 216 Å². The smallest absolute Gasteiger partial charge is 0.242 e. The van der Waals surface area contributed by atoms with Crippen molar-refractivity contribution in [1.82, 2.24) is 10.2 Å². The molecule has 0 saturated heterocycles. The molecule has 36 heavy (non-hydrogen) atoms. The minimum atomic E-state index is -3.53. The van der Waals surface area contributed by atoms with Gasteiger partial charge in [0.05, 0.1) is 11.9 Å². The van der Waals surface area contributed by atoms with E-state index in [0.717, 1.165) is 29.5 Å². The van der Waals surface area contributed by atoms with Crippen LogP contribution in [0.5, 0.6) is 0 Å². The molecule has 0 spiro atoms. The first kappa shape index (κ1) is 29.4. The average molecular weight is 516 g/mol. The Hall–Kier alpha value is -2.87. The first-order valence-corrected chi connectivity index (χ1v) is 14.6. The van der Waals surface area contributed by atoms with Crippen molar-refractivity contribution in [2.45, 2.75) is 72.4 Å². The molecule has 2 aromatic carbocycles. The maximum absolute atomic E-state index is 13.4. The number of unbranched alkanes of at least 4 members (excludes halogenated alkanes) is 1. The predicted molar refractivity (Wildman–Crippen MR) is 146 cm³/mol. The summed E-state index contributed by atoms with van der Waals surface area (Å²) in [4.78, 5) is 28.0. The zero-order valence-corrected chi connectivity index (χ0v) is 23.1. The van der Waals surface area contributed by atoms with Gasteiger partial charge in [0.1, 0.15) is 6.04 Å². The summed E-state index contributed by atoms with van der Waals surface area (Å²) in [5, 5.41) is 2.96. The molecule has 1 N–H and O–H groups in total. The summed E-state index contributed by atoms with van der Waals surface area (Å²) in [7, 11) is -3.53. The first-order chi connectivity index (χ1) is 17.1. The Balaban J connectivity index is 2.20. The number of hydrogen-bond acceptors (Lipinski definition) is 4. The zero-order chi connectivity index (χ0) is 26.7. The summed E-state index contributed by atoms with van der Waals surface area (Å²) in [6, 6.07) is 14.7. The Morgan fingerprint density at radius 1 is 1.00 bits per heavy atom. The van der Waals surface area contributed by atoms with Gasteiger partial charge in [-0.2, -0.15) is 0 Å². The van der Waals surface area contributed by atoms with Crippen LogP contribution in [0.4, 0.5) is 5.69 Å². The van der Waals surface area contributed by atoms with E-state index in [0.29, 0.717) is 31.6 Å².